The lowest BCUT2D eigenvalue weighted by Gasteiger charge is -2.24. The summed E-state index contributed by atoms with van der Waals surface area (Å²) in [5.41, 5.74) is 0.224. The highest BCUT2D eigenvalue weighted by molar-refractivity contribution is 5.93. The molecule has 116 valence electrons. The number of aromatic nitrogens is 1. The van der Waals surface area contributed by atoms with E-state index in [-0.39, 0.29) is 23.7 Å². The van der Waals surface area contributed by atoms with Crippen LogP contribution in [0.3, 0.4) is 0 Å². The fourth-order valence-corrected chi connectivity index (χ4v) is 2.23. The zero-order valence-corrected chi connectivity index (χ0v) is 12.2. The summed E-state index contributed by atoms with van der Waals surface area (Å²) in [6.07, 6.45) is 1.39. The summed E-state index contributed by atoms with van der Waals surface area (Å²) < 4.78 is 6.92. The standard InChI is InChI=1S/C13H20N4O4/c1-9(2)16-7-11(17(19)20)5-12(16)13(18)15-6-10-8-21-4-3-14-10/h5,7,9-10,14H,3-4,6,8H2,1-2H3,(H,15,18). The smallest absolute Gasteiger partial charge is 0.287 e. The highest BCUT2D eigenvalue weighted by Crippen LogP contribution is 2.20. The Kier molecular flexibility index (Phi) is 4.92. The highest BCUT2D eigenvalue weighted by Gasteiger charge is 2.22. The Hall–Kier alpha value is -1.93. The van der Waals surface area contributed by atoms with E-state index < -0.39 is 4.92 Å². The third-order valence-electron chi connectivity index (χ3n) is 3.34. The third-order valence-corrected chi connectivity index (χ3v) is 3.34. The molecule has 1 aliphatic rings. The van der Waals surface area contributed by atoms with Gasteiger partial charge in [-0.25, -0.2) is 0 Å². The molecule has 2 heterocycles. The molecule has 1 atom stereocenters. The van der Waals surface area contributed by atoms with Gasteiger partial charge in [0.15, 0.2) is 0 Å². The molecule has 1 fully saturated rings. The first-order valence-electron chi connectivity index (χ1n) is 6.94. The van der Waals surface area contributed by atoms with E-state index in [1.54, 1.807) is 4.57 Å². The molecule has 1 aromatic rings. The van der Waals surface area contributed by atoms with Gasteiger partial charge in [0.1, 0.15) is 5.69 Å². The first kappa shape index (κ1) is 15.5. The largest absolute Gasteiger partial charge is 0.378 e. The van der Waals surface area contributed by atoms with Crippen molar-refractivity contribution < 1.29 is 14.5 Å². The van der Waals surface area contributed by atoms with Gasteiger partial charge >= 0.3 is 0 Å². The molecule has 8 heteroatoms. The second-order valence-electron chi connectivity index (χ2n) is 5.28. The zero-order valence-electron chi connectivity index (χ0n) is 12.2. The van der Waals surface area contributed by atoms with Gasteiger partial charge in [0.05, 0.1) is 24.3 Å². The number of hydrogen-bond acceptors (Lipinski definition) is 5. The summed E-state index contributed by atoms with van der Waals surface area (Å²) in [5.74, 6) is -0.316. The lowest BCUT2D eigenvalue weighted by Crippen LogP contribution is -2.48. The van der Waals surface area contributed by atoms with Crippen LogP contribution >= 0.6 is 0 Å². The Balaban J connectivity index is 2.05. The van der Waals surface area contributed by atoms with Crippen LogP contribution in [0.2, 0.25) is 0 Å². The summed E-state index contributed by atoms with van der Waals surface area (Å²) in [6.45, 7) is 6.15. The van der Waals surface area contributed by atoms with E-state index in [1.165, 1.54) is 12.3 Å². The van der Waals surface area contributed by atoms with Crippen LogP contribution in [0, 0.1) is 10.1 Å². The molecule has 1 saturated heterocycles. The predicted molar refractivity (Wildman–Crippen MR) is 76.4 cm³/mol. The number of carbonyl (C=O) groups excluding carboxylic acids is 1. The molecule has 0 radical (unpaired) electrons. The average Bonchev–Trinajstić information content (AvgIpc) is 2.91. The number of nitro groups is 1. The van der Waals surface area contributed by atoms with Gasteiger partial charge in [-0.15, -0.1) is 0 Å². The van der Waals surface area contributed by atoms with Gasteiger partial charge < -0.3 is 19.9 Å². The molecular weight excluding hydrogens is 276 g/mol. The van der Waals surface area contributed by atoms with E-state index in [4.69, 9.17) is 4.74 Å². The number of rotatable bonds is 5. The molecule has 0 spiro atoms. The number of amides is 1. The van der Waals surface area contributed by atoms with E-state index in [0.29, 0.717) is 25.5 Å². The number of ether oxygens (including phenoxy) is 1. The molecule has 1 amide bonds. The fraction of sp³-hybridized carbons (Fsp3) is 0.615. The maximum Gasteiger partial charge on any atom is 0.287 e. The number of morpholine rings is 1. The minimum absolute atomic E-state index is 0.0319. The van der Waals surface area contributed by atoms with Crippen LogP contribution in [-0.4, -0.2) is 47.7 Å². The fourth-order valence-electron chi connectivity index (χ4n) is 2.23. The van der Waals surface area contributed by atoms with Crippen LogP contribution in [0.25, 0.3) is 0 Å². The number of hydrogen-bond donors (Lipinski definition) is 2. The molecule has 21 heavy (non-hydrogen) atoms. The second kappa shape index (κ2) is 6.68. The van der Waals surface area contributed by atoms with Crippen LogP contribution in [0.1, 0.15) is 30.4 Å². The maximum absolute atomic E-state index is 12.2. The van der Waals surface area contributed by atoms with Gasteiger partial charge in [-0.2, -0.15) is 0 Å². The molecule has 1 aromatic heterocycles. The van der Waals surface area contributed by atoms with E-state index in [1.807, 2.05) is 13.8 Å². The van der Waals surface area contributed by atoms with Crippen molar-refractivity contribution in [1.82, 2.24) is 15.2 Å². The molecule has 0 aliphatic carbocycles. The molecule has 1 aliphatic heterocycles. The monoisotopic (exact) mass is 296 g/mol. The van der Waals surface area contributed by atoms with Gasteiger partial charge in [0.2, 0.25) is 0 Å². The van der Waals surface area contributed by atoms with E-state index in [9.17, 15) is 14.9 Å². The van der Waals surface area contributed by atoms with Crippen molar-refractivity contribution >= 4 is 11.6 Å². The summed E-state index contributed by atoms with van der Waals surface area (Å²) in [4.78, 5) is 22.6. The minimum atomic E-state index is -0.494. The Bertz CT molecular complexity index is 520. The molecule has 0 aromatic carbocycles. The molecular formula is C13H20N4O4. The summed E-state index contributed by atoms with van der Waals surface area (Å²) in [7, 11) is 0. The molecule has 0 bridgehead atoms. The first-order chi connectivity index (χ1) is 9.99. The first-order valence-corrected chi connectivity index (χ1v) is 6.94. The highest BCUT2D eigenvalue weighted by atomic mass is 16.6. The Labute approximate surface area is 122 Å². The molecule has 8 nitrogen and oxygen atoms in total. The van der Waals surface area contributed by atoms with Gasteiger partial charge in [-0.3, -0.25) is 14.9 Å². The Morgan fingerprint density at radius 2 is 2.43 bits per heavy atom. The average molecular weight is 296 g/mol. The van der Waals surface area contributed by atoms with E-state index in [0.717, 1.165) is 6.54 Å². The van der Waals surface area contributed by atoms with Crippen LogP contribution in [0.5, 0.6) is 0 Å². The number of carbonyl (C=O) groups is 1. The van der Waals surface area contributed by atoms with Crippen LogP contribution in [0.4, 0.5) is 5.69 Å². The number of nitrogens with one attached hydrogen (secondary N) is 2. The molecule has 1 unspecified atom stereocenters. The van der Waals surface area contributed by atoms with Crippen LogP contribution < -0.4 is 10.6 Å². The Morgan fingerprint density at radius 3 is 3.00 bits per heavy atom. The Morgan fingerprint density at radius 1 is 1.67 bits per heavy atom. The predicted octanol–water partition coefficient (Wildman–Crippen LogP) is 0.695. The second-order valence-corrected chi connectivity index (χ2v) is 5.28. The number of nitrogens with zero attached hydrogens (tertiary/aromatic N) is 2. The quantitative estimate of drug-likeness (QED) is 0.615. The van der Waals surface area contributed by atoms with Crippen molar-refractivity contribution in [3.05, 3.63) is 28.1 Å². The lowest BCUT2D eigenvalue weighted by atomic mass is 10.2. The van der Waals surface area contributed by atoms with Gasteiger partial charge in [-0.05, 0) is 13.8 Å². The van der Waals surface area contributed by atoms with E-state index in [2.05, 4.69) is 10.6 Å². The van der Waals surface area contributed by atoms with E-state index >= 15 is 0 Å². The summed E-state index contributed by atoms with van der Waals surface area (Å²) in [6, 6.07) is 1.34. The van der Waals surface area contributed by atoms with Gasteiger partial charge in [0.25, 0.3) is 11.6 Å². The molecule has 2 N–H and O–H groups in total. The van der Waals surface area contributed by atoms with Crippen molar-refractivity contribution in [2.24, 2.45) is 0 Å². The van der Waals surface area contributed by atoms with Crippen molar-refractivity contribution in [3.8, 4) is 0 Å². The van der Waals surface area contributed by atoms with Gasteiger partial charge in [-0.1, -0.05) is 0 Å². The SMILES string of the molecule is CC(C)n1cc([N+](=O)[O-])cc1C(=O)NCC1COCCN1. The van der Waals surface area contributed by atoms with Gasteiger partial charge in [0, 0.05) is 31.2 Å². The molecule has 0 saturated carbocycles. The summed E-state index contributed by atoms with van der Waals surface area (Å²) >= 11 is 0. The summed E-state index contributed by atoms with van der Waals surface area (Å²) in [5, 5.41) is 16.9. The zero-order chi connectivity index (χ0) is 15.4. The maximum atomic E-state index is 12.2. The van der Waals surface area contributed by atoms with Crippen molar-refractivity contribution in [3.63, 3.8) is 0 Å². The van der Waals surface area contributed by atoms with Crippen LogP contribution in [0.15, 0.2) is 12.3 Å². The van der Waals surface area contributed by atoms with Crippen molar-refractivity contribution in [2.45, 2.75) is 25.9 Å². The normalized spacial score (nSPS) is 18.7. The minimum Gasteiger partial charge on any atom is -0.378 e. The molecule has 2 rings (SSSR count). The topological polar surface area (TPSA) is 98.4 Å². The van der Waals surface area contributed by atoms with Crippen molar-refractivity contribution in [1.29, 1.82) is 0 Å². The third kappa shape index (κ3) is 3.79. The van der Waals surface area contributed by atoms with Crippen molar-refractivity contribution in [2.75, 3.05) is 26.3 Å². The van der Waals surface area contributed by atoms with Crippen LogP contribution in [-0.2, 0) is 4.74 Å². The lowest BCUT2D eigenvalue weighted by molar-refractivity contribution is -0.384.